The molecule has 3 rings (SSSR count). The van der Waals surface area contributed by atoms with Crippen molar-refractivity contribution in [3.8, 4) is 0 Å². The minimum absolute atomic E-state index is 0.0480. The van der Waals surface area contributed by atoms with Crippen molar-refractivity contribution >= 4 is 29.1 Å². The van der Waals surface area contributed by atoms with Crippen molar-refractivity contribution in [3.63, 3.8) is 0 Å². The molecule has 20 heavy (non-hydrogen) atoms. The number of nitrogens with one attached hydrogen (secondary N) is 3. The lowest BCUT2D eigenvalue weighted by atomic mass is 9.93. The van der Waals surface area contributed by atoms with Crippen LogP contribution >= 0.6 is 11.6 Å². The number of halogens is 1. The molecule has 2 amide bonds. The van der Waals surface area contributed by atoms with Crippen LogP contribution in [0.25, 0.3) is 0 Å². The molecule has 106 valence electrons. The summed E-state index contributed by atoms with van der Waals surface area (Å²) in [5.41, 5.74) is 0.670. The van der Waals surface area contributed by atoms with E-state index in [1.165, 1.54) is 0 Å². The van der Waals surface area contributed by atoms with Gasteiger partial charge >= 0.3 is 0 Å². The second-order valence-electron chi connectivity index (χ2n) is 5.25. The molecule has 0 aliphatic carbocycles. The van der Waals surface area contributed by atoms with Crippen molar-refractivity contribution in [2.24, 2.45) is 5.92 Å². The molecular weight excluding hydrogens is 278 g/mol. The third-order valence-corrected chi connectivity index (χ3v) is 4.13. The maximum absolute atomic E-state index is 12.2. The van der Waals surface area contributed by atoms with Gasteiger partial charge < -0.3 is 16.0 Å². The second-order valence-corrected chi connectivity index (χ2v) is 5.68. The molecule has 3 atom stereocenters. The number of carbonyl (C=O) groups excluding carboxylic acids is 2. The zero-order valence-electron chi connectivity index (χ0n) is 10.9. The van der Waals surface area contributed by atoms with Crippen LogP contribution < -0.4 is 16.0 Å². The van der Waals surface area contributed by atoms with Crippen LogP contribution in [0.3, 0.4) is 0 Å². The van der Waals surface area contributed by atoms with Gasteiger partial charge in [0.05, 0.1) is 12.0 Å². The van der Waals surface area contributed by atoms with Gasteiger partial charge in [0.25, 0.3) is 0 Å². The average Bonchev–Trinajstić information content (AvgIpc) is 2.84. The first-order chi connectivity index (χ1) is 9.63. The summed E-state index contributed by atoms with van der Waals surface area (Å²) in [5, 5.41) is 9.50. The Bertz CT molecular complexity index is 549. The lowest BCUT2D eigenvalue weighted by Crippen LogP contribution is -2.47. The van der Waals surface area contributed by atoms with Gasteiger partial charge in [-0.15, -0.1) is 0 Å². The lowest BCUT2D eigenvalue weighted by molar-refractivity contribution is -0.126. The highest BCUT2D eigenvalue weighted by atomic mass is 35.5. The molecule has 2 aliphatic rings. The maximum Gasteiger partial charge on any atom is 0.241 e. The van der Waals surface area contributed by atoms with Crippen LogP contribution in [-0.4, -0.2) is 30.4 Å². The predicted octanol–water partition coefficient (Wildman–Crippen LogP) is 1.15. The van der Waals surface area contributed by atoms with E-state index in [1.807, 2.05) is 0 Å². The van der Waals surface area contributed by atoms with E-state index in [0.717, 1.165) is 6.42 Å². The van der Waals surface area contributed by atoms with Crippen LogP contribution in [-0.2, 0) is 9.59 Å². The van der Waals surface area contributed by atoms with E-state index >= 15 is 0 Å². The second kappa shape index (κ2) is 5.42. The predicted molar refractivity (Wildman–Crippen MR) is 76.5 cm³/mol. The number of anilines is 1. The molecule has 2 aliphatic heterocycles. The molecule has 0 spiro atoms. The molecule has 3 N–H and O–H groups in total. The smallest absolute Gasteiger partial charge is 0.241 e. The van der Waals surface area contributed by atoms with Crippen molar-refractivity contribution in [3.05, 3.63) is 29.3 Å². The zero-order chi connectivity index (χ0) is 14.1. The Kier molecular flexibility index (Phi) is 3.63. The minimum atomic E-state index is -0.326. The summed E-state index contributed by atoms with van der Waals surface area (Å²) in [5.74, 6) is -0.167. The normalized spacial score (nSPS) is 28.6. The Labute approximate surface area is 122 Å². The average molecular weight is 294 g/mol. The van der Waals surface area contributed by atoms with Crippen LogP contribution in [0.5, 0.6) is 0 Å². The van der Waals surface area contributed by atoms with Crippen molar-refractivity contribution < 1.29 is 9.59 Å². The Morgan fingerprint density at radius 2 is 2.25 bits per heavy atom. The number of fused-ring (bicyclic) bond motifs is 1. The summed E-state index contributed by atoms with van der Waals surface area (Å²) in [4.78, 5) is 24.0. The summed E-state index contributed by atoms with van der Waals surface area (Å²) < 4.78 is 0. The number of rotatable bonds is 2. The van der Waals surface area contributed by atoms with Gasteiger partial charge in [0, 0.05) is 23.3 Å². The third kappa shape index (κ3) is 2.64. The fraction of sp³-hybridized carbons (Fsp3) is 0.429. The van der Waals surface area contributed by atoms with Gasteiger partial charge in [0.1, 0.15) is 0 Å². The molecule has 2 heterocycles. The van der Waals surface area contributed by atoms with Crippen LogP contribution in [0.4, 0.5) is 5.69 Å². The van der Waals surface area contributed by atoms with E-state index in [9.17, 15) is 9.59 Å². The highest BCUT2D eigenvalue weighted by Gasteiger charge is 2.42. The van der Waals surface area contributed by atoms with Crippen LogP contribution in [0.2, 0.25) is 5.02 Å². The lowest BCUT2D eigenvalue weighted by Gasteiger charge is -2.24. The monoisotopic (exact) mass is 293 g/mol. The summed E-state index contributed by atoms with van der Waals surface area (Å²) in [6, 6.07) is 6.82. The van der Waals surface area contributed by atoms with E-state index in [2.05, 4.69) is 16.0 Å². The highest BCUT2D eigenvalue weighted by Crippen LogP contribution is 2.26. The van der Waals surface area contributed by atoms with Crippen molar-refractivity contribution in [1.29, 1.82) is 0 Å². The fourth-order valence-electron chi connectivity index (χ4n) is 2.90. The fourth-order valence-corrected chi connectivity index (χ4v) is 3.09. The Hall–Kier alpha value is -1.59. The Balaban J connectivity index is 1.65. The SMILES string of the molecule is O=C(Nc1cccc(Cl)c1)C1CC2C(=O)NCCC2N1. The number of hydrogen-bond acceptors (Lipinski definition) is 3. The number of carbonyl (C=O) groups is 2. The van der Waals surface area contributed by atoms with E-state index < -0.39 is 0 Å². The number of amides is 2. The molecule has 2 saturated heterocycles. The Morgan fingerprint density at radius 1 is 1.40 bits per heavy atom. The molecule has 1 aromatic carbocycles. The third-order valence-electron chi connectivity index (χ3n) is 3.89. The van der Waals surface area contributed by atoms with Crippen molar-refractivity contribution in [2.75, 3.05) is 11.9 Å². The number of piperidine rings is 1. The summed E-state index contributed by atoms with van der Waals surface area (Å²) in [6.07, 6.45) is 1.42. The van der Waals surface area contributed by atoms with Crippen LogP contribution in [0, 0.1) is 5.92 Å². The van der Waals surface area contributed by atoms with Crippen molar-refractivity contribution in [1.82, 2.24) is 10.6 Å². The summed E-state index contributed by atoms with van der Waals surface area (Å²) in [7, 11) is 0. The topological polar surface area (TPSA) is 70.2 Å². The largest absolute Gasteiger partial charge is 0.356 e. The summed E-state index contributed by atoms with van der Waals surface area (Å²) >= 11 is 5.89. The molecule has 6 heteroatoms. The quantitative estimate of drug-likeness (QED) is 0.766. The molecule has 1 aromatic rings. The van der Waals surface area contributed by atoms with E-state index in [-0.39, 0.29) is 29.8 Å². The molecule has 3 unspecified atom stereocenters. The van der Waals surface area contributed by atoms with Gasteiger partial charge in [-0.2, -0.15) is 0 Å². The van der Waals surface area contributed by atoms with E-state index in [4.69, 9.17) is 11.6 Å². The van der Waals surface area contributed by atoms with Gasteiger partial charge in [0.2, 0.25) is 11.8 Å². The molecule has 5 nitrogen and oxygen atoms in total. The molecule has 0 radical (unpaired) electrons. The number of benzene rings is 1. The van der Waals surface area contributed by atoms with Gasteiger partial charge in [-0.1, -0.05) is 17.7 Å². The standard InChI is InChI=1S/C14H16ClN3O2/c15-8-2-1-3-9(6-8)17-14(20)12-7-10-11(18-12)4-5-16-13(10)19/h1-3,6,10-12,18H,4-5,7H2,(H,16,19)(H,17,20). The summed E-state index contributed by atoms with van der Waals surface area (Å²) in [6.45, 7) is 0.676. The van der Waals surface area contributed by atoms with Gasteiger partial charge in [0.15, 0.2) is 0 Å². The van der Waals surface area contributed by atoms with Crippen LogP contribution in [0.15, 0.2) is 24.3 Å². The Morgan fingerprint density at radius 3 is 3.00 bits per heavy atom. The molecule has 0 bridgehead atoms. The minimum Gasteiger partial charge on any atom is -0.356 e. The molecule has 2 fully saturated rings. The molecule has 0 saturated carbocycles. The van der Waals surface area contributed by atoms with Gasteiger partial charge in [-0.3, -0.25) is 9.59 Å². The first-order valence-electron chi connectivity index (χ1n) is 6.73. The number of hydrogen-bond donors (Lipinski definition) is 3. The first-order valence-corrected chi connectivity index (χ1v) is 7.11. The highest BCUT2D eigenvalue weighted by molar-refractivity contribution is 6.30. The zero-order valence-corrected chi connectivity index (χ0v) is 11.6. The molecular formula is C14H16ClN3O2. The van der Waals surface area contributed by atoms with Crippen LogP contribution in [0.1, 0.15) is 12.8 Å². The first kappa shape index (κ1) is 13.4. The molecule has 0 aromatic heterocycles. The van der Waals surface area contributed by atoms with E-state index in [0.29, 0.717) is 23.7 Å². The van der Waals surface area contributed by atoms with Crippen molar-refractivity contribution in [2.45, 2.75) is 24.9 Å². The van der Waals surface area contributed by atoms with Gasteiger partial charge in [-0.25, -0.2) is 0 Å². The maximum atomic E-state index is 12.2. The van der Waals surface area contributed by atoms with E-state index in [1.54, 1.807) is 24.3 Å². The van der Waals surface area contributed by atoms with Gasteiger partial charge in [-0.05, 0) is 31.0 Å².